The number of carbonyl (C=O) groups excluding carboxylic acids is 2. The van der Waals surface area contributed by atoms with Gasteiger partial charge in [0.1, 0.15) is 5.82 Å². The minimum atomic E-state index is -0.0457. The highest BCUT2D eigenvalue weighted by Crippen LogP contribution is 2.23. The van der Waals surface area contributed by atoms with Gasteiger partial charge in [0.2, 0.25) is 11.8 Å². The second-order valence-corrected chi connectivity index (χ2v) is 6.95. The van der Waals surface area contributed by atoms with Crippen molar-refractivity contribution in [2.75, 3.05) is 18.4 Å². The van der Waals surface area contributed by atoms with E-state index >= 15 is 0 Å². The highest BCUT2D eigenvalue weighted by atomic mass is 16.2. The largest absolute Gasteiger partial charge is 0.343 e. The van der Waals surface area contributed by atoms with Gasteiger partial charge >= 0.3 is 0 Å². The molecule has 138 valence electrons. The van der Waals surface area contributed by atoms with Crippen molar-refractivity contribution in [3.05, 3.63) is 48.5 Å². The molecule has 4 rings (SSSR count). The fraction of sp³-hybridized carbons (Fsp3) is 0.286. The Bertz CT molecular complexity index is 936. The molecule has 27 heavy (non-hydrogen) atoms. The summed E-state index contributed by atoms with van der Waals surface area (Å²) in [4.78, 5) is 33.6. The molecule has 2 amide bonds. The van der Waals surface area contributed by atoms with Crippen molar-refractivity contribution >= 4 is 28.5 Å². The van der Waals surface area contributed by atoms with Crippen LogP contribution in [0, 0.1) is 5.92 Å². The number of aromatic nitrogens is 2. The molecular formula is C21H22N4O2. The van der Waals surface area contributed by atoms with Crippen LogP contribution in [0.2, 0.25) is 0 Å². The Morgan fingerprint density at radius 1 is 1.07 bits per heavy atom. The van der Waals surface area contributed by atoms with Crippen LogP contribution in [-0.4, -0.2) is 39.8 Å². The van der Waals surface area contributed by atoms with Crippen molar-refractivity contribution in [1.82, 2.24) is 14.9 Å². The van der Waals surface area contributed by atoms with Gasteiger partial charge in [0.05, 0.1) is 11.0 Å². The number of anilines is 1. The van der Waals surface area contributed by atoms with Crippen molar-refractivity contribution in [2.24, 2.45) is 5.92 Å². The van der Waals surface area contributed by atoms with Crippen LogP contribution in [0.1, 0.15) is 19.8 Å². The zero-order valence-electron chi connectivity index (χ0n) is 15.2. The van der Waals surface area contributed by atoms with E-state index in [0.29, 0.717) is 25.9 Å². The number of hydrogen-bond acceptors (Lipinski definition) is 3. The lowest BCUT2D eigenvalue weighted by molar-refractivity contribution is -0.132. The predicted molar refractivity (Wildman–Crippen MR) is 105 cm³/mol. The second kappa shape index (κ2) is 7.23. The first kappa shape index (κ1) is 17.3. The molecule has 2 N–H and O–H groups in total. The molecule has 0 bridgehead atoms. The van der Waals surface area contributed by atoms with Crippen molar-refractivity contribution in [1.29, 1.82) is 0 Å². The maximum absolute atomic E-state index is 12.5. The maximum atomic E-state index is 12.5. The molecule has 6 heteroatoms. The van der Waals surface area contributed by atoms with Gasteiger partial charge in [-0.2, -0.15) is 0 Å². The third kappa shape index (κ3) is 3.69. The van der Waals surface area contributed by atoms with Crippen LogP contribution in [-0.2, 0) is 9.59 Å². The van der Waals surface area contributed by atoms with Crippen LogP contribution in [0.3, 0.4) is 0 Å². The predicted octanol–water partition coefficient (Wildman–Crippen LogP) is 3.43. The summed E-state index contributed by atoms with van der Waals surface area (Å²) in [6.07, 6.45) is 1.42. The smallest absolute Gasteiger partial charge is 0.227 e. The lowest BCUT2D eigenvalue weighted by Gasteiger charge is -2.30. The number of imidazole rings is 1. The van der Waals surface area contributed by atoms with Gasteiger partial charge in [0.25, 0.3) is 0 Å². The summed E-state index contributed by atoms with van der Waals surface area (Å²) in [5.41, 5.74) is 3.68. The molecule has 2 aromatic carbocycles. The molecule has 6 nitrogen and oxygen atoms in total. The lowest BCUT2D eigenvalue weighted by atomic mass is 9.96. The number of para-hydroxylation sites is 2. The number of nitrogens with one attached hydrogen (secondary N) is 2. The molecule has 3 aromatic rings. The number of hydrogen-bond donors (Lipinski definition) is 2. The fourth-order valence-electron chi connectivity index (χ4n) is 3.50. The SMILES string of the molecule is CC(=O)N1CCC(C(=O)Nc2ccc(-c3nc4ccccc4[nH]3)cc2)CC1. The van der Waals surface area contributed by atoms with E-state index in [1.54, 1.807) is 11.8 Å². The van der Waals surface area contributed by atoms with Crippen LogP contribution >= 0.6 is 0 Å². The van der Waals surface area contributed by atoms with Crippen molar-refractivity contribution in [3.63, 3.8) is 0 Å². The van der Waals surface area contributed by atoms with Crippen molar-refractivity contribution in [2.45, 2.75) is 19.8 Å². The van der Waals surface area contributed by atoms with E-state index in [0.717, 1.165) is 28.1 Å². The first-order valence-electron chi connectivity index (χ1n) is 9.22. The monoisotopic (exact) mass is 362 g/mol. The Balaban J connectivity index is 1.40. The summed E-state index contributed by atoms with van der Waals surface area (Å²) < 4.78 is 0. The van der Waals surface area contributed by atoms with Crippen molar-refractivity contribution in [3.8, 4) is 11.4 Å². The third-order valence-corrected chi connectivity index (χ3v) is 5.13. The van der Waals surface area contributed by atoms with Crippen LogP contribution < -0.4 is 5.32 Å². The quantitative estimate of drug-likeness (QED) is 0.749. The summed E-state index contributed by atoms with van der Waals surface area (Å²) in [6, 6.07) is 15.6. The van der Waals surface area contributed by atoms with Crippen LogP contribution in [0.25, 0.3) is 22.4 Å². The number of piperidine rings is 1. The van der Waals surface area contributed by atoms with E-state index in [9.17, 15) is 9.59 Å². The van der Waals surface area contributed by atoms with Crippen LogP contribution in [0.5, 0.6) is 0 Å². The van der Waals surface area contributed by atoms with Gasteiger partial charge in [-0.25, -0.2) is 4.98 Å². The van der Waals surface area contributed by atoms with Crippen LogP contribution in [0.15, 0.2) is 48.5 Å². The van der Waals surface area contributed by atoms with E-state index < -0.39 is 0 Å². The molecule has 0 aliphatic carbocycles. The van der Waals surface area contributed by atoms with E-state index in [2.05, 4.69) is 15.3 Å². The molecule has 0 saturated carbocycles. The van der Waals surface area contributed by atoms with Gasteiger partial charge in [-0.1, -0.05) is 12.1 Å². The number of nitrogens with zero attached hydrogens (tertiary/aromatic N) is 2. The van der Waals surface area contributed by atoms with Gasteiger partial charge in [-0.3, -0.25) is 9.59 Å². The normalized spacial score (nSPS) is 15.1. The average Bonchev–Trinajstić information content (AvgIpc) is 3.13. The Kier molecular flexibility index (Phi) is 4.62. The molecule has 0 unspecified atom stereocenters. The molecule has 0 spiro atoms. The standard InChI is InChI=1S/C21H22N4O2/c1-14(26)25-12-10-16(11-13-25)21(27)22-17-8-6-15(7-9-17)20-23-18-4-2-3-5-19(18)24-20/h2-9,16H,10-13H2,1H3,(H,22,27)(H,23,24). The zero-order valence-corrected chi connectivity index (χ0v) is 15.2. The Morgan fingerprint density at radius 2 is 1.78 bits per heavy atom. The Morgan fingerprint density at radius 3 is 2.44 bits per heavy atom. The summed E-state index contributed by atoms with van der Waals surface area (Å²) >= 11 is 0. The Labute approximate surface area is 157 Å². The first-order valence-corrected chi connectivity index (χ1v) is 9.22. The highest BCUT2D eigenvalue weighted by molar-refractivity contribution is 5.93. The maximum Gasteiger partial charge on any atom is 0.227 e. The van der Waals surface area contributed by atoms with E-state index in [1.165, 1.54) is 0 Å². The zero-order chi connectivity index (χ0) is 18.8. The number of fused-ring (bicyclic) bond motifs is 1. The second-order valence-electron chi connectivity index (χ2n) is 6.95. The number of benzene rings is 2. The molecule has 2 heterocycles. The molecule has 1 aliphatic rings. The summed E-state index contributed by atoms with van der Waals surface area (Å²) in [5.74, 6) is 0.867. The number of rotatable bonds is 3. The van der Waals surface area contributed by atoms with Crippen LogP contribution in [0.4, 0.5) is 5.69 Å². The lowest BCUT2D eigenvalue weighted by Crippen LogP contribution is -2.40. The van der Waals surface area contributed by atoms with Gasteiger partial charge in [-0.05, 0) is 49.2 Å². The average molecular weight is 362 g/mol. The van der Waals surface area contributed by atoms with Crippen molar-refractivity contribution < 1.29 is 9.59 Å². The fourth-order valence-corrected chi connectivity index (χ4v) is 3.50. The molecule has 0 radical (unpaired) electrons. The molecular weight excluding hydrogens is 340 g/mol. The third-order valence-electron chi connectivity index (χ3n) is 5.13. The summed E-state index contributed by atoms with van der Waals surface area (Å²) in [6.45, 7) is 2.88. The molecule has 1 fully saturated rings. The Hall–Kier alpha value is -3.15. The number of amides is 2. The first-order chi connectivity index (χ1) is 13.1. The molecule has 1 aromatic heterocycles. The number of H-pyrrole nitrogens is 1. The summed E-state index contributed by atoms with van der Waals surface area (Å²) in [7, 11) is 0. The van der Waals surface area contributed by atoms with Gasteiger partial charge in [0.15, 0.2) is 0 Å². The number of carbonyl (C=O) groups is 2. The van der Waals surface area contributed by atoms with Gasteiger partial charge in [-0.15, -0.1) is 0 Å². The number of aromatic amines is 1. The van der Waals surface area contributed by atoms with E-state index in [-0.39, 0.29) is 17.7 Å². The topological polar surface area (TPSA) is 78.1 Å². The molecule has 1 aliphatic heterocycles. The minimum Gasteiger partial charge on any atom is -0.343 e. The molecule has 0 atom stereocenters. The molecule has 1 saturated heterocycles. The van der Waals surface area contributed by atoms with E-state index in [1.807, 2.05) is 48.5 Å². The highest BCUT2D eigenvalue weighted by Gasteiger charge is 2.26. The van der Waals surface area contributed by atoms with Gasteiger partial charge in [0, 0.05) is 37.2 Å². The number of likely N-dealkylation sites (tertiary alicyclic amines) is 1. The summed E-state index contributed by atoms with van der Waals surface area (Å²) in [5, 5.41) is 2.99. The minimum absolute atomic E-state index is 0.0229. The van der Waals surface area contributed by atoms with Gasteiger partial charge < -0.3 is 15.2 Å². The van der Waals surface area contributed by atoms with E-state index in [4.69, 9.17) is 0 Å².